The molecule has 3 rings (SSSR count). The van der Waals surface area contributed by atoms with Gasteiger partial charge in [0.05, 0.1) is 5.69 Å². The van der Waals surface area contributed by atoms with Gasteiger partial charge >= 0.3 is 0 Å². The van der Waals surface area contributed by atoms with Crippen molar-refractivity contribution in [2.45, 2.75) is 0 Å². The minimum atomic E-state index is 0.0166. The molecule has 1 aliphatic heterocycles. The third kappa shape index (κ3) is 2.44. The Morgan fingerprint density at radius 1 is 1.15 bits per heavy atom. The first-order chi connectivity index (χ1) is 9.75. The number of hydrogen-bond donors (Lipinski definition) is 2. The quantitative estimate of drug-likeness (QED) is 0.654. The number of anilines is 2. The maximum absolute atomic E-state index is 7.62. The van der Waals surface area contributed by atoms with E-state index in [1.807, 2.05) is 23.7 Å². The van der Waals surface area contributed by atoms with Crippen LogP contribution in [0.3, 0.4) is 0 Å². The molecule has 0 amide bonds. The summed E-state index contributed by atoms with van der Waals surface area (Å²) in [5.41, 5.74) is 7.11. The van der Waals surface area contributed by atoms with Crippen molar-refractivity contribution >= 4 is 28.0 Å². The minimum Gasteiger partial charge on any atom is -0.382 e. The molecule has 0 aliphatic carbocycles. The van der Waals surface area contributed by atoms with Crippen LogP contribution in [-0.2, 0) is 0 Å². The summed E-state index contributed by atoms with van der Waals surface area (Å²) < 4.78 is 0. The molecule has 1 fully saturated rings. The molecule has 3 heterocycles. The predicted octanol–water partition coefficient (Wildman–Crippen LogP) is 1.15. The third-order valence-electron chi connectivity index (χ3n) is 3.35. The van der Waals surface area contributed by atoms with E-state index in [4.69, 9.17) is 11.1 Å². The van der Waals surface area contributed by atoms with Gasteiger partial charge in [-0.2, -0.15) is 0 Å². The van der Waals surface area contributed by atoms with Crippen molar-refractivity contribution in [3.05, 3.63) is 35.6 Å². The summed E-state index contributed by atoms with van der Waals surface area (Å²) in [5, 5.41) is 10.7. The Morgan fingerprint density at radius 2 is 1.90 bits per heavy atom. The second kappa shape index (κ2) is 5.46. The van der Waals surface area contributed by atoms with E-state index in [2.05, 4.69) is 19.8 Å². The summed E-state index contributed by atoms with van der Waals surface area (Å²) in [6.07, 6.45) is 3.51. The number of nitrogens with one attached hydrogen (secondary N) is 1. The average molecular weight is 288 g/mol. The van der Waals surface area contributed by atoms with Gasteiger partial charge in [-0.25, -0.2) is 4.98 Å². The summed E-state index contributed by atoms with van der Waals surface area (Å²) in [6.45, 7) is 3.59. The fourth-order valence-electron chi connectivity index (χ4n) is 2.37. The summed E-state index contributed by atoms with van der Waals surface area (Å²) >= 11 is 1.66. The molecule has 1 saturated heterocycles. The zero-order valence-electron chi connectivity index (χ0n) is 11.0. The maximum Gasteiger partial charge on any atom is 0.185 e. The molecular weight excluding hydrogens is 272 g/mol. The van der Waals surface area contributed by atoms with Gasteiger partial charge in [-0.1, -0.05) is 0 Å². The number of thiazole rings is 1. The lowest BCUT2D eigenvalue weighted by Crippen LogP contribution is -2.47. The standard InChI is InChI=1S/C13H16N6S/c14-12(15)11-10(2-1-3-16-11)18-5-7-19(8-6-18)13-17-4-9-20-13/h1-4,9H,5-8H2,(H3,14,15). The van der Waals surface area contributed by atoms with E-state index < -0.39 is 0 Å². The molecule has 2 aromatic rings. The monoisotopic (exact) mass is 288 g/mol. The Hall–Kier alpha value is -2.15. The number of hydrogen-bond acceptors (Lipinski definition) is 6. The molecule has 0 aromatic carbocycles. The summed E-state index contributed by atoms with van der Waals surface area (Å²) in [4.78, 5) is 13.1. The van der Waals surface area contributed by atoms with Crippen molar-refractivity contribution in [1.29, 1.82) is 5.41 Å². The fraction of sp³-hybridized carbons (Fsp3) is 0.308. The van der Waals surface area contributed by atoms with Gasteiger partial charge in [-0.15, -0.1) is 11.3 Å². The molecule has 7 heteroatoms. The first kappa shape index (κ1) is 12.9. The molecule has 0 atom stereocenters. The van der Waals surface area contributed by atoms with Crippen molar-refractivity contribution in [2.24, 2.45) is 5.73 Å². The SMILES string of the molecule is N=C(N)c1ncccc1N1CCN(c2nccs2)CC1. The van der Waals surface area contributed by atoms with E-state index in [9.17, 15) is 0 Å². The highest BCUT2D eigenvalue weighted by atomic mass is 32.1. The van der Waals surface area contributed by atoms with Gasteiger partial charge in [0.2, 0.25) is 0 Å². The van der Waals surface area contributed by atoms with E-state index in [0.29, 0.717) is 5.69 Å². The van der Waals surface area contributed by atoms with Crippen molar-refractivity contribution in [3.8, 4) is 0 Å². The van der Waals surface area contributed by atoms with Crippen molar-refractivity contribution in [1.82, 2.24) is 9.97 Å². The number of pyridine rings is 1. The Morgan fingerprint density at radius 3 is 2.55 bits per heavy atom. The lowest BCUT2D eigenvalue weighted by molar-refractivity contribution is 0.651. The number of aromatic nitrogens is 2. The molecule has 2 aromatic heterocycles. The first-order valence-corrected chi connectivity index (χ1v) is 7.32. The van der Waals surface area contributed by atoms with Crippen LogP contribution in [0.2, 0.25) is 0 Å². The van der Waals surface area contributed by atoms with E-state index in [0.717, 1.165) is 37.0 Å². The van der Waals surface area contributed by atoms with Crippen molar-refractivity contribution in [2.75, 3.05) is 36.0 Å². The fourth-order valence-corrected chi connectivity index (χ4v) is 3.07. The Balaban J connectivity index is 1.74. The van der Waals surface area contributed by atoms with E-state index in [1.165, 1.54) is 0 Å². The van der Waals surface area contributed by atoms with Crippen LogP contribution in [0, 0.1) is 5.41 Å². The van der Waals surface area contributed by atoms with Crippen molar-refractivity contribution < 1.29 is 0 Å². The van der Waals surface area contributed by atoms with Crippen LogP contribution in [0.4, 0.5) is 10.8 Å². The zero-order chi connectivity index (χ0) is 13.9. The number of nitrogens with two attached hydrogens (primary N) is 1. The molecule has 0 saturated carbocycles. The lowest BCUT2D eigenvalue weighted by atomic mass is 10.2. The molecule has 20 heavy (non-hydrogen) atoms. The van der Waals surface area contributed by atoms with Gasteiger partial charge in [0.15, 0.2) is 5.13 Å². The van der Waals surface area contributed by atoms with Crippen LogP contribution in [-0.4, -0.2) is 42.0 Å². The molecule has 1 aliphatic rings. The number of rotatable bonds is 3. The van der Waals surface area contributed by atoms with Crippen molar-refractivity contribution in [3.63, 3.8) is 0 Å². The second-order valence-electron chi connectivity index (χ2n) is 4.57. The highest BCUT2D eigenvalue weighted by molar-refractivity contribution is 7.13. The number of piperazine rings is 1. The summed E-state index contributed by atoms with van der Waals surface area (Å²) in [5.74, 6) is 0.0166. The van der Waals surface area contributed by atoms with Gasteiger partial charge in [0.25, 0.3) is 0 Å². The third-order valence-corrected chi connectivity index (χ3v) is 4.18. The topological polar surface area (TPSA) is 82.1 Å². The van der Waals surface area contributed by atoms with Crippen LogP contribution in [0.25, 0.3) is 0 Å². The Labute approximate surface area is 121 Å². The maximum atomic E-state index is 7.62. The Kier molecular flexibility index (Phi) is 3.51. The molecule has 104 valence electrons. The highest BCUT2D eigenvalue weighted by Gasteiger charge is 2.21. The lowest BCUT2D eigenvalue weighted by Gasteiger charge is -2.36. The van der Waals surface area contributed by atoms with E-state index >= 15 is 0 Å². The Bertz CT molecular complexity index is 589. The zero-order valence-corrected chi connectivity index (χ0v) is 11.8. The van der Waals surface area contributed by atoms with Gasteiger partial charge in [0, 0.05) is 44.0 Å². The first-order valence-electron chi connectivity index (χ1n) is 6.44. The molecule has 0 spiro atoms. The number of nitrogen functional groups attached to an aromatic ring is 1. The molecule has 3 N–H and O–H groups in total. The molecule has 0 unspecified atom stereocenters. The van der Waals surface area contributed by atoms with Gasteiger partial charge in [-0.05, 0) is 12.1 Å². The second-order valence-corrected chi connectivity index (χ2v) is 5.45. The van der Waals surface area contributed by atoms with Crippen LogP contribution in [0.15, 0.2) is 29.9 Å². The number of amidine groups is 1. The molecule has 0 radical (unpaired) electrons. The predicted molar refractivity (Wildman–Crippen MR) is 81.8 cm³/mol. The number of nitrogens with zero attached hydrogens (tertiary/aromatic N) is 4. The molecular formula is C13H16N6S. The summed E-state index contributed by atoms with van der Waals surface area (Å²) in [7, 11) is 0. The van der Waals surface area contributed by atoms with Gasteiger partial charge < -0.3 is 15.5 Å². The van der Waals surface area contributed by atoms with Crippen LogP contribution in [0.5, 0.6) is 0 Å². The van der Waals surface area contributed by atoms with Crippen LogP contribution < -0.4 is 15.5 Å². The van der Waals surface area contributed by atoms with Gasteiger partial charge in [-0.3, -0.25) is 10.4 Å². The minimum absolute atomic E-state index is 0.0166. The average Bonchev–Trinajstić information content (AvgIpc) is 3.02. The van der Waals surface area contributed by atoms with Gasteiger partial charge in [0.1, 0.15) is 11.5 Å². The summed E-state index contributed by atoms with van der Waals surface area (Å²) in [6, 6.07) is 3.86. The van der Waals surface area contributed by atoms with Crippen LogP contribution >= 0.6 is 11.3 Å². The smallest absolute Gasteiger partial charge is 0.185 e. The highest BCUT2D eigenvalue weighted by Crippen LogP contribution is 2.23. The molecule has 6 nitrogen and oxygen atoms in total. The normalized spacial score (nSPS) is 15.4. The van der Waals surface area contributed by atoms with Crippen LogP contribution in [0.1, 0.15) is 5.69 Å². The largest absolute Gasteiger partial charge is 0.382 e. The van der Waals surface area contributed by atoms with E-state index in [-0.39, 0.29) is 5.84 Å². The molecule has 0 bridgehead atoms. The van der Waals surface area contributed by atoms with E-state index in [1.54, 1.807) is 17.5 Å².